The Morgan fingerprint density at radius 3 is 2.74 bits per heavy atom. The van der Waals surface area contributed by atoms with Gasteiger partial charge in [0.05, 0.1) is 6.26 Å². The minimum absolute atomic E-state index is 0.800. The first-order chi connectivity index (χ1) is 11.3. The highest BCUT2D eigenvalue weighted by Crippen LogP contribution is 2.21. The van der Waals surface area contributed by atoms with Crippen molar-refractivity contribution in [3.05, 3.63) is 24.2 Å². The van der Waals surface area contributed by atoms with Gasteiger partial charge >= 0.3 is 0 Å². The zero-order chi connectivity index (χ0) is 16.3. The van der Waals surface area contributed by atoms with Crippen LogP contribution in [-0.2, 0) is 6.42 Å². The summed E-state index contributed by atoms with van der Waals surface area (Å²) in [5, 5.41) is 6.71. The van der Waals surface area contributed by atoms with Crippen LogP contribution in [0.1, 0.15) is 44.3 Å². The zero-order valence-electron chi connectivity index (χ0n) is 14.7. The van der Waals surface area contributed by atoms with Gasteiger partial charge in [-0.15, -0.1) is 0 Å². The highest BCUT2D eigenvalue weighted by molar-refractivity contribution is 5.79. The number of aliphatic imine (C=N–C) groups is 1. The number of hydrogen-bond acceptors (Lipinski definition) is 3. The number of nitrogens with zero attached hydrogens (tertiary/aromatic N) is 2. The molecule has 5 heteroatoms. The lowest BCUT2D eigenvalue weighted by molar-refractivity contribution is 0.190. The van der Waals surface area contributed by atoms with Crippen molar-refractivity contribution in [1.29, 1.82) is 0 Å². The summed E-state index contributed by atoms with van der Waals surface area (Å²) >= 11 is 0. The van der Waals surface area contributed by atoms with Gasteiger partial charge in [-0.1, -0.05) is 19.3 Å². The second-order valence-corrected chi connectivity index (χ2v) is 6.38. The third kappa shape index (κ3) is 6.65. The van der Waals surface area contributed by atoms with E-state index in [1.807, 2.05) is 19.2 Å². The molecule has 5 nitrogen and oxygen atoms in total. The van der Waals surface area contributed by atoms with Crippen LogP contribution in [0.25, 0.3) is 0 Å². The number of furan rings is 1. The lowest BCUT2D eigenvalue weighted by atomic mass is 9.94. The maximum Gasteiger partial charge on any atom is 0.190 e. The molecule has 130 valence electrons. The van der Waals surface area contributed by atoms with Crippen LogP contribution in [0, 0.1) is 0 Å². The molecule has 0 aromatic carbocycles. The molecule has 0 bridgehead atoms. The Hall–Kier alpha value is -1.49. The first kappa shape index (κ1) is 17.9. The average molecular weight is 320 g/mol. The number of guanidine groups is 1. The zero-order valence-corrected chi connectivity index (χ0v) is 14.7. The molecular weight excluding hydrogens is 288 g/mol. The molecular formula is C18H32N4O. The van der Waals surface area contributed by atoms with Crippen LogP contribution in [0.5, 0.6) is 0 Å². The highest BCUT2D eigenvalue weighted by atomic mass is 16.3. The van der Waals surface area contributed by atoms with Gasteiger partial charge in [-0.25, -0.2) is 0 Å². The molecule has 1 aromatic rings. The van der Waals surface area contributed by atoms with E-state index in [4.69, 9.17) is 4.42 Å². The highest BCUT2D eigenvalue weighted by Gasteiger charge is 2.17. The molecule has 1 aliphatic carbocycles. The maximum atomic E-state index is 5.33. The van der Waals surface area contributed by atoms with Gasteiger partial charge in [0.25, 0.3) is 0 Å². The van der Waals surface area contributed by atoms with Gasteiger partial charge in [0, 0.05) is 32.6 Å². The summed E-state index contributed by atoms with van der Waals surface area (Å²) in [5.41, 5.74) is 0. The smallest absolute Gasteiger partial charge is 0.190 e. The van der Waals surface area contributed by atoms with E-state index in [9.17, 15) is 0 Å². The normalized spacial score (nSPS) is 16.7. The van der Waals surface area contributed by atoms with Crippen molar-refractivity contribution in [3.8, 4) is 0 Å². The lowest BCUT2D eigenvalue weighted by Crippen LogP contribution is -2.40. The van der Waals surface area contributed by atoms with Crippen LogP contribution >= 0.6 is 0 Å². The van der Waals surface area contributed by atoms with Crippen molar-refractivity contribution in [1.82, 2.24) is 15.5 Å². The second kappa shape index (κ2) is 10.3. The van der Waals surface area contributed by atoms with Crippen molar-refractivity contribution in [2.45, 2.75) is 51.0 Å². The lowest BCUT2D eigenvalue weighted by Gasteiger charge is -2.31. The molecule has 1 aromatic heterocycles. The summed E-state index contributed by atoms with van der Waals surface area (Å²) in [6.07, 6.45) is 10.7. The summed E-state index contributed by atoms with van der Waals surface area (Å²) in [6.45, 7) is 2.94. The van der Waals surface area contributed by atoms with E-state index < -0.39 is 0 Å². The van der Waals surface area contributed by atoms with Gasteiger partial charge in [0.15, 0.2) is 5.96 Å². The SMILES string of the molecule is CN=C(NCCCN(C)C1CCCCC1)NCCc1ccco1. The summed E-state index contributed by atoms with van der Waals surface area (Å²) in [4.78, 5) is 6.80. The standard InChI is InChI=1S/C18H32N4O/c1-19-18(21-13-11-17-10-6-15-23-17)20-12-7-14-22(2)16-8-4-3-5-9-16/h6,10,15-16H,3-5,7-9,11-14H2,1-2H3,(H2,19,20,21). The predicted molar refractivity (Wildman–Crippen MR) is 95.9 cm³/mol. The Balaban J connectivity index is 1.54. The summed E-state index contributed by atoms with van der Waals surface area (Å²) in [7, 11) is 4.09. The molecule has 0 amide bonds. The van der Waals surface area contributed by atoms with Gasteiger partial charge in [-0.3, -0.25) is 4.99 Å². The second-order valence-electron chi connectivity index (χ2n) is 6.38. The molecule has 1 heterocycles. The monoisotopic (exact) mass is 320 g/mol. The minimum Gasteiger partial charge on any atom is -0.469 e. The number of hydrogen-bond donors (Lipinski definition) is 2. The van der Waals surface area contributed by atoms with Crippen LogP contribution in [0.2, 0.25) is 0 Å². The van der Waals surface area contributed by atoms with Crippen molar-refractivity contribution in [2.24, 2.45) is 4.99 Å². The fourth-order valence-corrected chi connectivity index (χ4v) is 3.22. The third-order valence-electron chi connectivity index (χ3n) is 4.65. The van der Waals surface area contributed by atoms with E-state index in [2.05, 4.69) is 27.6 Å². The molecule has 0 saturated heterocycles. The number of nitrogens with one attached hydrogen (secondary N) is 2. The van der Waals surface area contributed by atoms with Crippen LogP contribution in [0.15, 0.2) is 27.8 Å². The molecule has 1 saturated carbocycles. The fraction of sp³-hybridized carbons (Fsp3) is 0.722. The molecule has 2 N–H and O–H groups in total. The molecule has 2 rings (SSSR count). The van der Waals surface area contributed by atoms with Gasteiger partial charge in [0.1, 0.15) is 5.76 Å². The Morgan fingerprint density at radius 2 is 2.04 bits per heavy atom. The van der Waals surface area contributed by atoms with Crippen molar-refractivity contribution >= 4 is 5.96 Å². The van der Waals surface area contributed by atoms with Gasteiger partial charge in [-0.05, 0) is 45.0 Å². The van der Waals surface area contributed by atoms with E-state index in [0.29, 0.717) is 0 Å². The Bertz CT molecular complexity index is 438. The van der Waals surface area contributed by atoms with E-state index >= 15 is 0 Å². The van der Waals surface area contributed by atoms with Crippen molar-refractivity contribution in [3.63, 3.8) is 0 Å². The van der Waals surface area contributed by atoms with Crippen LogP contribution < -0.4 is 10.6 Å². The van der Waals surface area contributed by atoms with Crippen LogP contribution in [-0.4, -0.2) is 50.6 Å². The third-order valence-corrected chi connectivity index (χ3v) is 4.65. The molecule has 0 radical (unpaired) electrons. The summed E-state index contributed by atoms with van der Waals surface area (Å²) in [5.74, 6) is 1.87. The first-order valence-electron chi connectivity index (χ1n) is 8.96. The van der Waals surface area contributed by atoms with Gasteiger partial charge < -0.3 is 20.0 Å². The Labute approximate surface area is 140 Å². The maximum absolute atomic E-state index is 5.33. The van der Waals surface area contributed by atoms with E-state index in [-0.39, 0.29) is 0 Å². The van der Waals surface area contributed by atoms with Crippen molar-refractivity contribution < 1.29 is 4.42 Å². The molecule has 23 heavy (non-hydrogen) atoms. The topological polar surface area (TPSA) is 52.8 Å². The summed E-state index contributed by atoms with van der Waals surface area (Å²) in [6, 6.07) is 4.72. The molecule has 0 spiro atoms. The molecule has 1 fully saturated rings. The van der Waals surface area contributed by atoms with Crippen molar-refractivity contribution in [2.75, 3.05) is 33.7 Å². The predicted octanol–water partition coefficient (Wildman–Crippen LogP) is 2.64. The first-order valence-corrected chi connectivity index (χ1v) is 8.96. The Kier molecular flexibility index (Phi) is 8.01. The summed E-state index contributed by atoms with van der Waals surface area (Å²) < 4.78 is 5.33. The van der Waals surface area contributed by atoms with E-state index in [0.717, 1.165) is 50.2 Å². The molecule has 0 unspecified atom stereocenters. The van der Waals surface area contributed by atoms with Gasteiger partial charge in [0.2, 0.25) is 0 Å². The number of rotatable bonds is 8. The Morgan fingerprint density at radius 1 is 1.26 bits per heavy atom. The molecule has 0 aliphatic heterocycles. The largest absolute Gasteiger partial charge is 0.469 e. The molecule has 0 atom stereocenters. The molecule has 1 aliphatic rings. The van der Waals surface area contributed by atoms with Crippen LogP contribution in [0.4, 0.5) is 0 Å². The quantitative estimate of drug-likeness (QED) is 0.439. The average Bonchev–Trinajstić information content (AvgIpc) is 3.11. The van der Waals surface area contributed by atoms with Gasteiger partial charge in [-0.2, -0.15) is 0 Å². The van der Waals surface area contributed by atoms with E-state index in [1.54, 1.807) is 6.26 Å². The van der Waals surface area contributed by atoms with E-state index in [1.165, 1.54) is 32.1 Å². The van der Waals surface area contributed by atoms with Crippen LogP contribution in [0.3, 0.4) is 0 Å². The minimum atomic E-state index is 0.800. The fourth-order valence-electron chi connectivity index (χ4n) is 3.22.